The minimum Gasteiger partial charge on any atom is -0.388 e. The van der Waals surface area contributed by atoms with Crippen molar-refractivity contribution in [3.05, 3.63) is 112 Å². The summed E-state index contributed by atoms with van der Waals surface area (Å²) in [4.78, 5) is 81.2. The Morgan fingerprint density at radius 3 is 2.36 bits per heavy atom. The third-order valence-electron chi connectivity index (χ3n) is 11.1. The molecule has 2 aliphatic rings. The number of fused-ring (bicyclic) bond motifs is 2. The molecule has 308 valence electrons. The Morgan fingerprint density at radius 2 is 1.59 bits per heavy atom. The highest BCUT2D eigenvalue weighted by molar-refractivity contribution is 6.35. The highest BCUT2D eigenvalue weighted by atomic mass is 35.5. The third-order valence-corrected chi connectivity index (χ3v) is 11.4. The van der Waals surface area contributed by atoms with E-state index in [0.29, 0.717) is 51.0 Å². The fourth-order valence-corrected chi connectivity index (χ4v) is 7.77. The molecule has 59 heavy (non-hydrogen) atoms. The molecule has 2 aliphatic heterocycles. The van der Waals surface area contributed by atoms with Gasteiger partial charge in [0.05, 0.1) is 46.5 Å². The number of piperidine rings is 1. The molecular weight excluding hydrogens is 774 g/mol. The van der Waals surface area contributed by atoms with Gasteiger partial charge >= 0.3 is 0 Å². The zero-order chi connectivity index (χ0) is 41.5. The first-order chi connectivity index (χ1) is 28.4. The summed E-state index contributed by atoms with van der Waals surface area (Å²) in [6.07, 6.45) is 3.91. The number of hydrogen-bond donors (Lipinski definition) is 4. The van der Waals surface area contributed by atoms with Crippen LogP contribution >= 0.6 is 11.6 Å². The number of nitrogens with one attached hydrogen (secondary N) is 3. The van der Waals surface area contributed by atoms with Crippen LogP contribution in [0.3, 0.4) is 0 Å². The van der Waals surface area contributed by atoms with Crippen molar-refractivity contribution in [2.45, 2.75) is 43.9 Å². The molecule has 7 rings (SSSR count). The number of carbonyl (C=O) groups is 4. The van der Waals surface area contributed by atoms with E-state index < -0.39 is 23.5 Å². The van der Waals surface area contributed by atoms with E-state index in [-0.39, 0.29) is 62.8 Å². The summed E-state index contributed by atoms with van der Waals surface area (Å²) in [6.45, 7) is 4.52. The van der Waals surface area contributed by atoms with Crippen LogP contribution < -0.4 is 21.5 Å². The zero-order valence-electron chi connectivity index (χ0n) is 32.9. The van der Waals surface area contributed by atoms with Gasteiger partial charge < -0.3 is 35.8 Å². The molecule has 5 aromatic rings. The molecule has 0 unspecified atom stereocenters. The van der Waals surface area contributed by atoms with Crippen LogP contribution in [-0.4, -0.2) is 129 Å². The van der Waals surface area contributed by atoms with E-state index in [1.807, 2.05) is 30.3 Å². The van der Waals surface area contributed by atoms with E-state index >= 15 is 0 Å². The topological polar surface area (TPSA) is 182 Å². The number of rotatable bonds is 13. The second-order valence-electron chi connectivity index (χ2n) is 15.4. The van der Waals surface area contributed by atoms with E-state index in [0.717, 1.165) is 31.7 Å². The minimum absolute atomic E-state index is 0.0221. The maximum Gasteiger partial charge on any atom is 0.261 e. The quantitative estimate of drug-likeness (QED) is 0.138. The number of pyridine rings is 1. The van der Waals surface area contributed by atoms with Gasteiger partial charge in [0.25, 0.3) is 11.5 Å². The van der Waals surface area contributed by atoms with Gasteiger partial charge in [0.2, 0.25) is 17.7 Å². The van der Waals surface area contributed by atoms with Crippen molar-refractivity contribution in [2.75, 3.05) is 64.7 Å². The Morgan fingerprint density at radius 1 is 0.864 bits per heavy atom. The molecule has 15 nitrogen and oxygen atoms in total. The predicted molar refractivity (Wildman–Crippen MR) is 225 cm³/mol. The molecule has 3 aromatic carbocycles. The predicted octanol–water partition coefficient (Wildman–Crippen LogP) is 2.69. The number of benzene rings is 3. The summed E-state index contributed by atoms with van der Waals surface area (Å²) < 4.78 is 1.38. The maximum atomic E-state index is 14.0. The lowest BCUT2D eigenvalue weighted by Crippen LogP contribution is -2.56. The summed E-state index contributed by atoms with van der Waals surface area (Å²) in [6, 6.07) is 19.9. The highest BCUT2D eigenvalue weighted by Crippen LogP contribution is 2.26. The Labute approximate surface area is 346 Å². The summed E-state index contributed by atoms with van der Waals surface area (Å²) >= 11 is 6.23. The largest absolute Gasteiger partial charge is 0.388 e. The summed E-state index contributed by atoms with van der Waals surface area (Å²) in [5.41, 5.74) is 1.05. The van der Waals surface area contributed by atoms with Crippen LogP contribution in [0.15, 0.2) is 90.1 Å². The molecule has 0 saturated carbocycles. The lowest BCUT2D eigenvalue weighted by molar-refractivity contribution is -0.140. The molecule has 2 saturated heterocycles. The van der Waals surface area contributed by atoms with Crippen molar-refractivity contribution < 1.29 is 24.3 Å². The van der Waals surface area contributed by atoms with E-state index in [1.54, 1.807) is 53.6 Å². The SMILES string of the molecule is CN1CCN(CCC(=O)Nc2ccc3c(=O)n(CC4(O)CCN(C(=O)[C@@H](Cc5ccccc5)NC(=O)CNC(=O)c5ccc6c(Cl)ccnc6c5)CC4)cnc3c2)CC1. The van der Waals surface area contributed by atoms with E-state index in [2.05, 4.69) is 42.8 Å². The molecule has 1 atom stereocenters. The van der Waals surface area contributed by atoms with Crippen LogP contribution in [0.1, 0.15) is 35.2 Å². The number of likely N-dealkylation sites (tertiary alicyclic amines) is 1. The molecule has 0 spiro atoms. The lowest BCUT2D eigenvalue weighted by atomic mass is 9.90. The first-order valence-electron chi connectivity index (χ1n) is 19.8. The summed E-state index contributed by atoms with van der Waals surface area (Å²) in [5.74, 6) is -1.45. The standard InChI is InChI=1S/C43H48ClN9O6/c1-50-19-21-51(22-20-50)16-12-38(54)48-31-8-10-33-36(25-31)47-28-53(41(33)57)27-43(59)13-17-52(18-14-43)42(58)37(23-29-5-3-2-4-6-29)49-39(55)26-46-40(56)30-7-9-32-34(44)11-15-45-35(32)24-30/h2-11,15,24-25,28,37,59H,12-14,16-23,26-27H2,1H3,(H,46,56)(H,48,54)(H,49,55)/t37-/m1/s1. The van der Waals surface area contributed by atoms with Gasteiger partial charge in [-0.25, -0.2) is 4.98 Å². The van der Waals surface area contributed by atoms with Crippen molar-refractivity contribution >= 4 is 62.7 Å². The molecule has 2 fully saturated rings. The number of anilines is 1. The maximum absolute atomic E-state index is 14.0. The Kier molecular flexibility index (Phi) is 13.0. The van der Waals surface area contributed by atoms with E-state index in [4.69, 9.17) is 11.6 Å². The van der Waals surface area contributed by atoms with Crippen LogP contribution in [0, 0.1) is 0 Å². The second kappa shape index (κ2) is 18.5. The fourth-order valence-electron chi connectivity index (χ4n) is 7.55. The summed E-state index contributed by atoms with van der Waals surface area (Å²) in [5, 5.41) is 21.5. The molecule has 4 amide bonds. The van der Waals surface area contributed by atoms with E-state index in [1.165, 1.54) is 10.9 Å². The van der Waals surface area contributed by atoms with Crippen molar-refractivity contribution in [3.63, 3.8) is 0 Å². The molecule has 0 bridgehead atoms. The zero-order valence-corrected chi connectivity index (χ0v) is 33.7. The number of piperazine rings is 1. The number of hydrogen-bond acceptors (Lipinski definition) is 10. The molecule has 4 N–H and O–H groups in total. The fraction of sp³-hybridized carbons (Fsp3) is 0.372. The normalized spacial score (nSPS) is 16.4. The number of nitrogens with zero attached hydrogens (tertiary/aromatic N) is 6. The van der Waals surface area contributed by atoms with Crippen molar-refractivity contribution in [3.8, 4) is 0 Å². The summed E-state index contributed by atoms with van der Waals surface area (Å²) in [7, 11) is 2.09. The van der Waals surface area contributed by atoms with Gasteiger partial charge in [-0.1, -0.05) is 48.0 Å². The Hall–Kier alpha value is -5.74. The second-order valence-corrected chi connectivity index (χ2v) is 15.8. The van der Waals surface area contributed by atoms with Crippen LogP contribution in [0.25, 0.3) is 21.8 Å². The van der Waals surface area contributed by atoms with Crippen molar-refractivity contribution in [1.82, 2.24) is 39.9 Å². The third kappa shape index (κ3) is 10.5. The molecule has 16 heteroatoms. The van der Waals surface area contributed by atoms with Crippen molar-refractivity contribution in [1.29, 1.82) is 0 Å². The van der Waals surface area contributed by atoms with Crippen LogP contribution in [-0.2, 0) is 27.3 Å². The van der Waals surface area contributed by atoms with Crippen molar-refractivity contribution in [2.24, 2.45) is 0 Å². The number of halogens is 1. The minimum atomic E-state index is -1.29. The number of aromatic nitrogens is 3. The van der Waals surface area contributed by atoms with Gasteiger partial charge in [-0.3, -0.25) is 33.5 Å². The smallest absolute Gasteiger partial charge is 0.261 e. The average molecular weight is 822 g/mol. The Bertz CT molecular complexity index is 2390. The highest BCUT2D eigenvalue weighted by Gasteiger charge is 2.37. The molecule has 2 aromatic heterocycles. The van der Waals surface area contributed by atoms with E-state index in [9.17, 15) is 29.1 Å². The molecule has 0 aliphatic carbocycles. The van der Waals surface area contributed by atoms with Crippen LogP contribution in [0.4, 0.5) is 5.69 Å². The van der Waals surface area contributed by atoms with Crippen LogP contribution in [0.2, 0.25) is 5.02 Å². The van der Waals surface area contributed by atoms with Gasteiger partial charge in [0.1, 0.15) is 6.04 Å². The number of carbonyl (C=O) groups excluding carboxylic acids is 4. The monoisotopic (exact) mass is 821 g/mol. The number of likely N-dealkylation sites (N-methyl/N-ethyl adjacent to an activating group) is 1. The average Bonchev–Trinajstić information content (AvgIpc) is 3.24. The van der Waals surface area contributed by atoms with Gasteiger partial charge in [-0.2, -0.15) is 0 Å². The van der Waals surface area contributed by atoms with Gasteiger partial charge in [0.15, 0.2) is 0 Å². The molecule has 4 heterocycles. The first kappa shape index (κ1) is 41.4. The van der Waals surface area contributed by atoms with Gasteiger partial charge in [0, 0.05) is 81.5 Å². The number of amides is 4. The Balaban J connectivity index is 0.937. The van der Waals surface area contributed by atoms with Gasteiger partial charge in [-0.15, -0.1) is 0 Å². The van der Waals surface area contributed by atoms with Gasteiger partial charge in [-0.05, 0) is 61.9 Å². The number of aliphatic hydroxyl groups is 1. The first-order valence-corrected chi connectivity index (χ1v) is 20.2. The molecular formula is C43H48ClN9O6. The van der Waals surface area contributed by atoms with Crippen LogP contribution in [0.5, 0.6) is 0 Å². The molecule has 0 radical (unpaired) electrons. The lowest BCUT2D eigenvalue weighted by Gasteiger charge is -2.39.